The summed E-state index contributed by atoms with van der Waals surface area (Å²) in [5.41, 5.74) is 1.18. The van der Waals surface area contributed by atoms with Gasteiger partial charge in [0.2, 0.25) is 0 Å². The summed E-state index contributed by atoms with van der Waals surface area (Å²) >= 11 is 3.55. The number of para-hydroxylation sites is 1. The number of esters is 1. The zero-order chi connectivity index (χ0) is 25.7. The first kappa shape index (κ1) is 25.9. The van der Waals surface area contributed by atoms with Crippen LogP contribution < -0.4 is 15.0 Å². The summed E-state index contributed by atoms with van der Waals surface area (Å²) in [6, 6.07) is 10.8. The highest BCUT2D eigenvalue weighted by Gasteiger charge is 2.23. The Kier molecular flexibility index (Phi) is 8.40. The third-order valence-corrected chi connectivity index (χ3v) is 6.95. The Morgan fingerprint density at radius 1 is 1.22 bits per heavy atom. The second kappa shape index (κ2) is 11.7. The molecule has 36 heavy (non-hydrogen) atoms. The Labute approximate surface area is 218 Å². The van der Waals surface area contributed by atoms with Gasteiger partial charge in [0.1, 0.15) is 5.82 Å². The van der Waals surface area contributed by atoms with Crippen LogP contribution in [-0.4, -0.2) is 41.7 Å². The Balaban J connectivity index is 1.71. The van der Waals surface area contributed by atoms with Crippen molar-refractivity contribution in [3.63, 3.8) is 0 Å². The number of hydrogen-bond donors (Lipinski definition) is 0. The van der Waals surface area contributed by atoms with Crippen LogP contribution in [0, 0.1) is 0 Å². The number of carbonyl (C=O) groups excluding carboxylic acids is 1. The maximum Gasteiger partial charge on any atom is 0.347 e. The van der Waals surface area contributed by atoms with Crippen LogP contribution in [0.3, 0.4) is 0 Å². The lowest BCUT2D eigenvalue weighted by atomic mass is 9.88. The molecule has 0 amide bonds. The Morgan fingerprint density at radius 2 is 1.97 bits per heavy atom. The molecule has 4 rings (SSSR count). The third-order valence-electron chi connectivity index (χ3n) is 6.27. The molecule has 1 aliphatic carbocycles. The molecule has 190 valence electrons. The Bertz CT molecular complexity index is 1330. The molecular weight excluding hydrogens is 526 g/mol. The van der Waals surface area contributed by atoms with E-state index in [0.29, 0.717) is 38.3 Å². The molecule has 0 spiro atoms. The summed E-state index contributed by atoms with van der Waals surface area (Å²) in [6.45, 7) is 3.63. The first-order valence-electron chi connectivity index (χ1n) is 12.2. The van der Waals surface area contributed by atoms with Crippen LogP contribution in [0.5, 0.6) is 11.5 Å². The molecule has 1 aromatic heterocycles. The predicted molar refractivity (Wildman–Crippen MR) is 142 cm³/mol. The highest BCUT2D eigenvalue weighted by molar-refractivity contribution is 9.10. The molecule has 0 bridgehead atoms. The van der Waals surface area contributed by atoms with Crippen molar-refractivity contribution in [2.45, 2.75) is 58.0 Å². The quantitative estimate of drug-likeness (QED) is 0.272. The van der Waals surface area contributed by atoms with Crippen molar-refractivity contribution in [2.75, 3.05) is 13.7 Å². The van der Waals surface area contributed by atoms with Gasteiger partial charge in [-0.15, -0.1) is 0 Å². The van der Waals surface area contributed by atoms with Crippen molar-refractivity contribution in [3.8, 4) is 11.5 Å². The van der Waals surface area contributed by atoms with E-state index in [1.54, 1.807) is 38.3 Å². The van der Waals surface area contributed by atoms with Crippen LogP contribution in [0.2, 0.25) is 0 Å². The molecule has 1 fully saturated rings. The highest BCUT2D eigenvalue weighted by Crippen LogP contribution is 2.34. The Morgan fingerprint density at radius 3 is 2.69 bits per heavy atom. The van der Waals surface area contributed by atoms with Gasteiger partial charge in [0, 0.05) is 16.0 Å². The van der Waals surface area contributed by atoms with Gasteiger partial charge >= 0.3 is 5.97 Å². The average Bonchev–Trinajstić information content (AvgIpc) is 2.89. The maximum absolute atomic E-state index is 13.4. The van der Waals surface area contributed by atoms with Gasteiger partial charge in [-0.2, -0.15) is 9.78 Å². The molecule has 0 radical (unpaired) electrons. The summed E-state index contributed by atoms with van der Waals surface area (Å²) in [5.74, 6) is 1.23. The van der Waals surface area contributed by atoms with Gasteiger partial charge in [0.25, 0.3) is 5.56 Å². The second-order valence-corrected chi connectivity index (χ2v) is 9.57. The van der Waals surface area contributed by atoms with Crippen LogP contribution in [-0.2, 0) is 9.53 Å². The fourth-order valence-corrected chi connectivity index (χ4v) is 4.82. The van der Waals surface area contributed by atoms with Crippen LogP contribution in [0.25, 0.3) is 10.9 Å². The van der Waals surface area contributed by atoms with E-state index < -0.39 is 12.1 Å². The van der Waals surface area contributed by atoms with Crippen LogP contribution in [0.1, 0.15) is 63.3 Å². The van der Waals surface area contributed by atoms with E-state index in [1.165, 1.54) is 18.2 Å². The molecule has 1 saturated carbocycles. The van der Waals surface area contributed by atoms with Crippen LogP contribution in [0.4, 0.5) is 0 Å². The van der Waals surface area contributed by atoms with E-state index in [0.717, 1.165) is 25.7 Å². The maximum atomic E-state index is 13.4. The number of fused-ring (bicyclic) bond motifs is 1. The van der Waals surface area contributed by atoms with Gasteiger partial charge in [0.05, 0.1) is 30.8 Å². The molecule has 9 heteroatoms. The molecule has 8 nitrogen and oxygen atoms in total. The number of halogens is 1. The number of hydrogen-bond acceptors (Lipinski definition) is 7. The van der Waals surface area contributed by atoms with Gasteiger partial charge in [-0.1, -0.05) is 31.4 Å². The number of ether oxygens (including phenoxy) is 3. The van der Waals surface area contributed by atoms with Crippen LogP contribution in [0.15, 0.2) is 50.8 Å². The highest BCUT2D eigenvalue weighted by atomic mass is 79.9. The SMILES string of the molecule is CCOC(=O)[C@@H](C)Oc1cc(Br)c(C=Nn2c(C3CCCCC3)nc3ccccc3c2=O)cc1OC. The fourth-order valence-electron chi connectivity index (χ4n) is 4.40. The van der Waals surface area contributed by atoms with E-state index in [2.05, 4.69) is 21.0 Å². The van der Waals surface area contributed by atoms with Gasteiger partial charge in [-0.05, 0) is 66.9 Å². The topological polar surface area (TPSA) is 92.0 Å². The van der Waals surface area contributed by atoms with Crippen molar-refractivity contribution in [3.05, 3.63) is 62.6 Å². The largest absolute Gasteiger partial charge is 0.493 e. The van der Waals surface area contributed by atoms with Gasteiger partial charge in [0.15, 0.2) is 17.6 Å². The molecule has 0 unspecified atom stereocenters. The third kappa shape index (κ3) is 5.61. The van der Waals surface area contributed by atoms with Crippen molar-refractivity contribution in [2.24, 2.45) is 5.10 Å². The average molecular weight is 556 g/mol. The first-order valence-corrected chi connectivity index (χ1v) is 13.0. The zero-order valence-corrected chi connectivity index (χ0v) is 22.3. The zero-order valence-electron chi connectivity index (χ0n) is 20.7. The second-order valence-electron chi connectivity index (χ2n) is 8.72. The molecule has 0 aliphatic heterocycles. The lowest BCUT2D eigenvalue weighted by Crippen LogP contribution is -2.26. The summed E-state index contributed by atoms with van der Waals surface area (Å²) in [7, 11) is 1.52. The minimum atomic E-state index is -0.800. The summed E-state index contributed by atoms with van der Waals surface area (Å²) in [4.78, 5) is 30.3. The van der Waals surface area contributed by atoms with Crippen molar-refractivity contribution in [1.82, 2.24) is 9.66 Å². The minimum Gasteiger partial charge on any atom is -0.493 e. The minimum absolute atomic E-state index is 0.186. The normalized spacial score (nSPS) is 15.2. The van der Waals surface area contributed by atoms with E-state index in [9.17, 15) is 9.59 Å². The lowest BCUT2D eigenvalue weighted by molar-refractivity contribution is -0.150. The number of carbonyl (C=O) groups is 1. The summed E-state index contributed by atoms with van der Waals surface area (Å²) < 4.78 is 18.4. The van der Waals surface area contributed by atoms with Crippen molar-refractivity contribution < 1.29 is 19.0 Å². The lowest BCUT2D eigenvalue weighted by Gasteiger charge is -2.22. The van der Waals surface area contributed by atoms with E-state index in [-0.39, 0.29) is 18.1 Å². The molecule has 0 saturated heterocycles. The molecule has 1 atom stereocenters. The first-order chi connectivity index (χ1) is 17.4. The van der Waals surface area contributed by atoms with E-state index >= 15 is 0 Å². The van der Waals surface area contributed by atoms with E-state index in [4.69, 9.17) is 19.2 Å². The van der Waals surface area contributed by atoms with Crippen LogP contribution >= 0.6 is 15.9 Å². The molecule has 1 aliphatic rings. The standard InChI is InChI=1S/C27H30BrN3O5/c1-4-35-27(33)17(2)36-24-15-21(28)19(14-23(24)34-3)16-29-31-25(18-10-6-5-7-11-18)30-22-13-9-8-12-20(22)26(31)32/h8-9,12-18H,4-7,10-11H2,1-3H3/t17-/m1/s1. The van der Waals surface area contributed by atoms with Crippen molar-refractivity contribution >= 4 is 39.0 Å². The number of nitrogens with zero attached hydrogens (tertiary/aromatic N) is 3. The predicted octanol–water partition coefficient (Wildman–Crippen LogP) is 5.43. The smallest absolute Gasteiger partial charge is 0.347 e. The summed E-state index contributed by atoms with van der Waals surface area (Å²) in [6.07, 6.45) is 6.22. The Hall–Kier alpha value is -3.20. The molecule has 3 aromatic rings. The number of rotatable bonds is 8. The summed E-state index contributed by atoms with van der Waals surface area (Å²) in [5, 5.41) is 5.13. The van der Waals surface area contributed by atoms with Crippen molar-refractivity contribution in [1.29, 1.82) is 0 Å². The van der Waals surface area contributed by atoms with Gasteiger partial charge in [-0.25, -0.2) is 9.78 Å². The molecule has 0 N–H and O–H groups in total. The fraction of sp³-hybridized carbons (Fsp3) is 0.407. The molecule has 1 heterocycles. The van der Waals surface area contributed by atoms with Gasteiger partial charge in [-0.3, -0.25) is 4.79 Å². The van der Waals surface area contributed by atoms with E-state index in [1.807, 2.05) is 18.2 Å². The van der Waals surface area contributed by atoms with Gasteiger partial charge < -0.3 is 14.2 Å². The molecule has 2 aromatic carbocycles. The number of methoxy groups -OCH3 is 1. The molecular formula is C27H30BrN3O5. The monoisotopic (exact) mass is 555 g/mol. The number of aromatic nitrogens is 2. The number of benzene rings is 2.